The van der Waals surface area contributed by atoms with E-state index in [9.17, 15) is 4.79 Å². The third-order valence-corrected chi connectivity index (χ3v) is 6.61. The molecule has 0 saturated carbocycles. The predicted molar refractivity (Wildman–Crippen MR) is 139 cm³/mol. The lowest BCUT2D eigenvalue weighted by atomic mass is 10.1. The average Bonchev–Trinajstić information content (AvgIpc) is 3.24. The number of benzene rings is 2. The average molecular weight is 469 g/mol. The third-order valence-electron chi connectivity index (χ3n) is 6.61. The number of carbonyl (C=O) groups is 1. The maximum Gasteiger partial charge on any atom is 0.227 e. The molecule has 0 radical (unpaired) electrons. The van der Waals surface area contributed by atoms with Gasteiger partial charge in [-0.15, -0.1) is 0 Å². The van der Waals surface area contributed by atoms with Crippen LogP contribution in [0.4, 0.5) is 5.82 Å². The lowest BCUT2D eigenvalue weighted by Crippen LogP contribution is -2.49. The Hall–Kier alpha value is -3.74. The number of fused-ring (bicyclic) bond motifs is 1. The molecular weight excluding hydrogens is 436 g/mol. The Labute approximate surface area is 206 Å². The van der Waals surface area contributed by atoms with Crippen molar-refractivity contribution in [1.82, 2.24) is 24.6 Å². The number of carbonyl (C=O) groups excluding carboxylic acids is 1. The van der Waals surface area contributed by atoms with Crippen LogP contribution in [0.3, 0.4) is 0 Å². The molecule has 1 aliphatic rings. The van der Waals surface area contributed by atoms with Crippen LogP contribution in [-0.4, -0.2) is 56.7 Å². The van der Waals surface area contributed by atoms with Crippen LogP contribution in [0.1, 0.15) is 36.8 Å². The van der Waals surface area contributed by atoms with Crippen LogP contribution >= 0.6 is 0 Å². The fourth-order valence-electron chi connectivity index (χ4n) is 4.68. The molecule has 0 unspecified atom stereocenters. The molecule has 3 heterocycles. The topological polar surface area (TPSA) is 67.2 Å². The fourth-order valence-corrected chi connectivity index (χ4v) is 4.68. The fraction of sp³-hybridized carbons (Fsp3) is 0.357. The zero-order valence-electron chi connectivity index (χ0n) is 20.5. The van der Waals surface area contributed by atoms with Crippen LogP contribution in [0.2, 0.25) is 0 Å². The molecule has 35 heavy (non-hydrogen) atoms. The van der Waals surface area contributed by atoms with E-state index >= 15 is 0 Å². The first kappa shape index (κ1) is 23.0. The van der Waals surface area contributed by atoms with Gasteiger partial charge in [-0.25, -0.2) is 14.6 Å². The molecule has 0 bridgehead atoms. The van der Waals surface area contributed by atoms with Gasteiger partial charge in [0.25, 0.3) is 0 Å². The minimum Gasteiger partial charge on any atom is -0.352 e. The number of piperazine rings is 1. The number of amides is 1. The van der Waals surface area contributed by atoms with Crippen LogP contribution in [0.25, 0.3) is 16.7 Å². The number of unbranched alkanes of at least 4 members (excludes halogenated alkanes) is 1. The lowest BCUT2D eigenvalue weighted by molar-refractivity contribution is -0.130. The number of hydrogen-bond donors (Lipinski definition) is 0. The molecule has 0 N–H and O–H groups in total. The molecule has 1 fully saturated rings. The van der Waals surface area contributed by atoms with Gasteiger partial charge in [0.05, 0.1) is 23.2 Å². The minimum atomic E-state index is 0.181. The van der Waals surface area contributed by atoms with E-state index in [0.29, 0.717) is 19.5 Å². The van der Waals surface area contributed by atoms with E-state index in [-0.39, 0.29) is 5.91 Å². The first-order valence-corrected chi connectivity index (χ1v) is 12.5. The predicted octanol–water partition coefficient (Wildman–Crippen LogP) is 4.36. The second-order valence-electron chi connectivity index (χ2n) is 9.13. The highest BCUT2D eigenvalue weighted by molar-refractivity contribution is 5.91. The minimum absolute atomic E-state index is 0.181. The number of nitrogens with zero attached hydrogens (tertiary/aromatic N) is 6. The standard InChI is InChI=1S/C28H32N6O/c1-3-4-15-24-29-27(26-21(2)31-34(28(26)30-24)23-13-9-6-10-14-23)33-18-16-32(17-19-33)25(35)20-22-11-7-5-8-12-22/h5-14H,3-4,15-20H2,1-2H3. The Balaban J connectivity index is 1.42. The Bertz CT molecular complexity index is 1290. The molecule has 0 aliphatic carbocycles. The van der Waals surface area contributed by atoms with Gasteiger partial charge in [-0.1, -0.05) is 61.9 Å². The maximum atomic E-state index is 12.9. The Morgan fingerprint density at radius 3 is 2.29 bits per heavy atom. The van der Waals surface area contributed by atoms with Gasteiger partial charge in [-0.05, 0) is 31.0 Å². The van der Waals surface area contributed by atoms with E-state index < -0.39 is 0 Å². The van der Waals surface area contributed by atoms with Crippen molar-refractivity contribution >= 4 is 22.8 Å². The van der Waals surface area contributed by atoms with Crippen LogP contribution < -0.4 is 4.90 Å². The van der Waals surface area contributed by atoms with Crippen molar-refractivity contribution in [2.24, 2.45) is 0 Å². The summed E-state index contributed by atoms with van der Waals surface area (Å²) in [5.41, 5.74) is 3.82. The third kappa shape index (κ3) is 4.90. The van der Waals surface area contributed by atoms with E-state index in [2.05, 4.69) is 24.0 Å². The number of rotatable bonds is 7. The second kappa shape index (κ2) is 10.3. The Kier molecular flexibility index (Phi) is 6.75. The molecule has 0 atom stereocenters. The quantitative estimate of drug-likeness (QED) is 0.403. The van der Waals surface area contributed by atoms with E-state index in [4.69, 9.17) is 15.1 Å². The van der Waals surface area contributed by atoms with Gasteiger partial charge >= 0.3 is 0 Å². The van der Waals surface area contributed by atoms with Crippen molar-refractivity contribution in [2.45, 2.75) is 39.5 Å². The second-order valence-corrected chi connectivity index (χ2v) is 9.13. The van der Waals surface area contributed by atoms with Crippen molar-refractivity contribution in [3.63, 3.8) is 0 Å². The molecule has 1 aliphatic heterocycles. The molecule has 1 saturated heterocycles. The SMILES string of the molecule is CCCCc1nc(N2CCN(C(=O)Cc3ccccc3)CC2)c2c(C)nn(-c3ccccc3)c2n1. The molecule has 180 valence electrons. The monoisotopic (exact) mass is 468 g/mol. The summed E-state index contributed by atoms with van der Waals surface area (Å²) < 4.78 is 1.94. The van der Waals surface area contributed by atoms with Crippen LogP contribution in [0, 0.1) is 6.92 Å². The summed E-state index contributed by atoms with van der Waals surface area (Å²) in [5, 5.41) is 5.85. The van der Waals surface area contributed by atoms with Crippen molar-refractivity contribution < 1.29 is 4.79 Å². The van der Waals surface area contributed by atoms with Gasteiger partial charge in [-0.2, -0.15) is 5.10 Å². The Morgan fingerprint density at radius 1 is 0.914 bits per heavy atom. The largest absolute Gasteiger partial charge is 0.352 e. The zero-order valence-corrected chi connectivity index (χ0v) is 20.5. The first-order valence-electron chi connectivity index (χ1n) is 12.5. The number of aromatic nitrogens is 4. The van der Waals surface area contributed by atoms with Crippen LogP contribution in [-0.2, 0) is 17.6 Å². The van der Waals surface area contributed by atoms with Gasteiger partial charge in [0.1, 0.15) is 11.6 Å². The molecular formula is C28H32N6O. The summed E-state index contributed by atoms with van der Waals surface area (Å²) in [6.07, 6.45) is 3.43. The summed E-state index contributed by atoms with van der Waals surface area (Å²) >= 11 is 0. The molecule has 0 spiro atoms. The van der Waals surface area contributed by atoms with Crippen LogP contribution in [0.15, 0.2) is 60.7 Å². The highest BCUT2D eigenvalue weighted by Crippen LogP contribution is 2.30. The van der Waals surface area contributed by atoms with Crippen molar-refractivity contribution in [1.29, 1.82) is 0 Å². The highest BCUT2D eigenvalue weighted by Gasteiger charge is 2.26. The number of aryl methyl sites for hydroxylation is 2. The number of hydrogen-bond acceptors (Lipinski definition) is 5. The van der Waals surface area contributed by atoms with Gasteiger partial charge in [0.15, 0.2) is 5.65 Å². The highest BCUT2D eigenvalue weighted by atomic mass is 16.2. The lowest BCUT2D eigenvalue weighted by Gasteiger charge is -2.36. The van der Waals surface area contributed by atoms with E-state index in [1.54, 1.807) is 0 Å². The van der Waals surface area contributed by atoms with E-state index in [0.717, 1.165) is 72.0 Å². The molecule has 2 aromatic heterocycles. The zero-order chi connectivity index (χ0) is 24.2. The van der Waals surface area contributed by atoms with Crippen molar-refractivity contribution in [3.8, 4) is 5.69 Å². The summed E-state index contributed by atoms with van der Waals surface area (Å²) in [6, 6.07) is 20.1. The summed E-state index contributed by atoms with van der Waals surface area (Å²) in [6.45, 7) is 7.08. The number of para-hydroxylation sites is 1. The van der Waals surface area contributed by atoms with Gasteiger partial charge in [0.2, 0.25) is 5.91 Å². The summed E-state index contributed by atoms with van der Waals surface area (Å²) in [4.78, 5) is 27.1. The van der Waals surface area contributed by atoms with Crippen LogP contribution in [0.5, 0.6) is 0 Å². The molecule has 5 rings (SSSR count). The maximum absolute atomic E-state index is 12.9. The molecule has 7 heteroatoms. The summed E-state index contributed by atoms with van der Waals surface area (Å²) in [5.74, 6) is 1.98. The van der Waals surface area contributed by atoms with Gasteiger partial charge in [-0.3, -0.25) is 4.79 Å². The summed E-state index contributed by atoms with van der Waals surface area (Å²) in [7, 11) is 0. The van der Waals surface area contributed by atoms with E-state index in [1.807, 2.05) is 65.0 Å². The normalized spacial score (nSPS) is 14.0. The van der Waals surface area contributed by atoms with Crippen molar-refractivity contribution in [3.05, 3.63) is 77.7 Å². The van der Waals surface area contributed by atoms with E-state index in [1.165, 1.54) is 0 Å². The number of anilines is 1. The molecule has 4 aromatic rings. The van der Waals surface area contributed by atoms with Gasteiger partial charge < -0.3 is 9.80 Å². The van der Waals surface area contributed by atoms with Crippen molar-refractivity contribution in [2.75, 3.05) is 31.1 Å². The smallest absolute Gasteiger partial charge is 0.227 e. The molecule has 1 amide bonds. The Morgan fingerprint density at radius 2 is 1.60 bits per heavy atom. The first-order chi connectivity index (χ1) is 17.1. The van der Waals surface area contributed by atoms with Gasteiger partial charge in [0, 0.05) is 32.6 Å². The molecule has 2 aromatic carbocycles. The molecule has 7 nitrogen and oxygen atoms in total.